The lowest BCUT2D eigenvalue weighted by Crippen LogP contribution is -2.12. The maximum Gasteiger partial charge on any atom is 0.162 e. The number of aromatic nitrogens is 1. The summed E-state index contributed by atoms with van der Waals surface area (Å²) in [7, 11) is 1.49. The Morgan fingerprint density at radius 1 is 1.37 bits per heavy atom. The minimum atomic E-state index is 0.0909. The molecule has 0 radical (unpaired) electrons. The molecule has 5 nitrogen and oxygen atoms in total. The first-order valence-electron chi connectivity index (χ1n) is 5.78. The minimum Gasteiger partial charge on any atom is -0.504 e. The fraction of sp³-hybridized carbons (Fsp3) is 0.308. The van der Waals surface area contributed by atoms with E-state index < -0.39 is 0 Å². The molecule has 1 heterocycles. The minimum absolute atomic E-state index is 0.0909. The number of hydrogen-bond acceptors (Lipinski definition) is 5. The molecule has 0 unspecified atom stereocenters. The number of phenols is 1. The van der Waals surface area contributed by atoms with Crippen molar-refractivity contribution >= 4 is 11.6 Å². The molecule has 0 spiro atoms. The Hall–Kier alpha value is -1.72. The van der Waals surface area contributed by atoms with Crippen LogP contribution < -0.4 is 10.1 Å². The molecule has 102 valence electrons. The highest BCUT2D eigenvalue weighted by Gasteiger charge is 2.10. The summed E-state index contributed by atoms with van der Waals surface area (Å²) >= 11 is 5.95. The first-order valence-corrected chi connectivity index (χ1v) is 6.16. The first-order chi connectivity index (χ1) is 9.10. The molecule has 0 aliphatic rings. The maximum atomic E-state index is 9.96. The van der Waals surface area contributed by atoms with Crippen LogP contribution in [-0.4, -0.2) is 17.4 Å². The van der Waals surface area contributed by atoms with Crippen LogP contribution in [0.1, 0.15) is 17.0 Å². The summed E-state index contributed by atoms with van der Waals surface area (Å²) in [4.78, 5) is 0. The van der Waals surface area contributed by atoms with Crippen molar-refractivity contribution in [2.45, 2.75) is 20.0 Å². The molecule has 1 aromatic heterocycles. The van der Waals surface area contributed by atoms with Gasteiger partial charge in [0.1, 0.15) is 0 Å². The first kappa shape index (κ1) is 13.7. The highest BCUT2D eigenvalue weighted by atomic mass is 35.5. The van der Waals surface area contributed by atoms with Crippen molar-refractivity contribution in [1.82, 2.24) is 10.5 Å². The Balaban J connectivity index is 2.01. The van der Waals surface area contributed by atoms with E-state index in [4.69, 9.17) is 20.9 Å². The third-order valence-electron chi connectivity index (χ3n) is 2.63. The van der Waals surface area contributed by atoms with Crippen molar-refractivity contribution in [2.24, 2.45) is 0 Å². The standard InChI is InChI=1S/C13H15ClN2O3/c1-8-3-11(19-16-8)7-15-6-9-4-10(14)5-12(18-2)13(9)17/h3-5,15,17H,6-7H2,1-2H3. The molecule has 6 heteroatoms. The Morgan fingerprint density at radius 2 is 2.16 bits per heavy atom. The number of hydrogen-bond donors (Lipinski definition) is 2. The highest BCUT2D eigenvalue weighted by Crippen LogP contribution is 2.33. The molecule has 19 heavy (non-hydrogen) atoms. The second-order valence-electron chi connectivity index (χ2n) is 4.15. The molecule has 2 aromatic rings. The number of halogens is 1. The van der Waals surface area contributed by atoms with Gasteiger partial charge in [-0.3, -0.25) is 0 Å². The predicted octanol–water partition coefficient (Wildman–Crippen LogP) is 2.64. The highest BCUT2D eigenvalue weighted by molar-refractivity contribution is 6.30. The molecular formula is C13H15ClN2O3. The summed E-state index contributed by atoms with van der Waals surface area (Å²) in [5.41, 5.74) is 1.50. The topological polar surface area (TPSA) is 67.5 Å². The average Bonchev–Trinajstić information content (AvgIpc) is 2.79. The van der Waals surface area contributed by atoms with Crippen LogP contribution in [0.15, 0.2) is 22.7 Å². The van der Waals surface area contributed by atoms with E-state index in [-0.39, 0.29) is 5.75 Å². The summed E-state index contributed by atoms with van der Waals surface area (Å²) < 4.78 is 10.1. The van der Waals surface area contributed by atoms with E-state index in [9.17, 15) is 5.11 Å². The van der Waals surface area contributed by atoms with Gasteiger partial charge < -0.3 is 19.7 Å². The van der Waals surface area contributed by atoms with Gasteiger partial charge >= 0.3 is 0 Å². The van der Waals surface area contributed by atoms with Gasteiger partial charge in [-0.25, -0.2) is 0 Å². The lowest BCUT2D eigenvalue weighted by Gasteiger charge is -2.10. The van der Waals surface area contributed by atoms with Crippen LogP contribution in [0, 0.1) is 6.92 Å². The molecule has 0 aliphatic heterocycles. The molecule has 0 amide bonds. The van der Waals surface area contributed by atoms with Crippen molar-refractivity contribution in [3.05, 3.63) is 40.2 Å². The zero-order valence-corrected chi connectivity index (χ0v) is 11.5. The second-order valence-corrected chi connectivity index (χ2v) is 4.59. The van der Waals surface area contributed by atoms with E-state index in [2.05, 4.69) is 10.5 Å². The fourth-order valence-electron chi connectivity index (χ4n) is 1.74. The van der Waals surface area contributed by atoms with Crippen LogP contribution in [-0.2, 0) is 13.1 Å². The fourth-order valence-corrected chi connectivity index (χ4v) is 1.97. The van der Waals surface area contributed by atoms with E-state index in [0.717, 1.165) is 11.5 Å². The van der Waals surface area contributed by atoms with Gasteiger partial charge in [0, 0.05) is 29.3 Å². The SMILES string of the molecule is COc1cc(Cl)cc(CNCc2cc(C)no2)c1O. The zero-order chi connectivity index (χ0) is 13.8. The van der Waals surface area contributed by atoms with Crippen LogP contribution in [0.4, 0.5) is 0 Å². The summed E-state index contributed by atoms with van der Waals surface area (Å²) in [5.74, 6) is 1.19. The van der Waals surface area contributed by atoms with Crippen LogP contribution >= 0.6 is 11.6 Å². The molecule has 2 rings (SSSR count). The number of aromatic hydroxyl groups is 1. The number of ether oxygens (including phenoxy) is 1. The summed E-state index contributed by atoms with van der Waals surface area (Å²) in [6.45, 7) is 2.83. The number of nitrogens with zero attached hydrogens (tertiary/aromatic N) is 1. The van der Waals surface area contributed by atoms with Crippen molar-refractivity contribution in [3.8, 4) is 11.5 Å². The molecule has 0 atom stereocenters. The van der Waals surface area contributed by atoms with Crippen LogP contribution in [0.25, 0.3) is 0 Å². The average molecular weight is 283 g/mol. The van der Waals surface area contributed by atoms with Gasteiger partial charge in [0.15, 0.2) is 17.3 Å². The van der Waals surface area contributed by atoms with Crippen molar-refractivity contribution in [1.29, 1.82) is 0 Å². The van der Waals surface area contributed by atoms with Crippen molar-refractivity contribution < 1.29 is 14.4 Å². The Kier molecular flexibility index (Phi) is 4.29. The molecule has 0 fully saturated rings. The Bertz CT molecular complexity index is 569. The second kappa shape index (κ2) is 5.95. The summed E-state index contributed by atoms with van der Waals surface area (Å²) in [6.07, 6.45) is 0. The predicted molar refractivity (Wildman–Crippen MR) is 71.5 cm³/mol. The Labute approximate surface area is 116 Å². The van der Waals surface area contributed by atoms with Crippen molar-refractivity contribution in [2.75, 3.05) is 7.11 Å². The molecular weight excluding hydrogens is 268 g/mol. The summed E-state index contributed by atoms with van der Waals surface area (Å²) in [6, 6.07) is 5.11. The van der Waals surface area contributed by atoms with Gasteiger partial charge in [-0.05, 0) is 13.0 Å². The normalized spacial score (nSPS) is 10.7. The smallest absolute Gasteiger partial charge is 0.162 e. The molecule has 0 saturated carbocycles. The van der Waals surface area contributed by atoms with Gasteiger partial charge in [-0.15, -0.1) is 0 Å². The van der Waals surface area contributed by atoms with Gasteiger partial charge in [0.2, 0.25) is 0 Å². The largest absolute Gasteiger partial charge is 0.504 e. The van der Waals surface area contributed by atoms with E-state index >= 15 is 0 Å². The van der Waals surface area contributed by atoms with Crippen LogP contribution in [0.2, 0.25) is 5.02 Å². The van der Waals surface area contributed by atoms with E-state index in [1.165, 1.54) is 7.11 Å². The molecule has 0 saturated heterocycles. The lowest BCUT2D eigenvalue weighted by molar-refractivity contribution is 0.363. The number of phenolic OH excluding ortho intramolecular Hbond substituents is 1. The number of nitrogens with one attached hydrogen (secondary N) is 1. The van der Waals surface area contributed by atoms with Gasteiger partial charge in [0.25, 0.3) is 0 Å². The van der Waals surface area contributed by atoms with Crippen LogP contribution in [0.5, 0.6) is 11.5 Å². The molecule has 2 N–H and O–H groups in total. The van der Waals surface area contributed by atoms with Gasteiger partial charge in [-0.1, -0.05) is 16.8 Å². The van der Waals surface area contributed by atoms with E-state index in [1.807, 2.05) is 13.0 Å². The third-order valence-corrected chi connectivity index (χ3v) is 2.85. The third kappa shape index (κ3) is 3.39. The van der Waals surface area contributed by atoms with Crippen molar-refractivity contribution in [3.63, 3.8) is 0 Å². The number of benzene rings is 1. The van der Waals surface area contributed by atoms with E-state index in [1.54, 1.807) is 12.1 Å². The summed E-state index contributed by atoms with van der Waals surface area (Å²) in [5, 5.41) is 17.4. The van der Waals surface area contributed by atoms with Gasteiger partial charge in [-0.2, -0.15) is 0 Å². The quantitative estimate of drug-likeness (QED) is 0.882. The maximum absolute atomic E-state index is 9.96. The van der Waals surface area contributed by atoms with Crippen LogP contribution in [0.3, 0.4) is 0 Å². The lowest BCUT2D eigenvalue weighted by atomic mass is 10.2. The monoisotopic (exact) mass is 282 g/mol. The number of rotatable bonds is 5. The number of methoxy groups -OCH3 is 1. The molecule has 0 bridgehead atoms. The number of aryl methyl sites for hydroxylation is 1. The van der Waals surface area contributed by atoms with Gasteiger partial charge in [0.05, 0.1) is 19.3 Å². The Morgan fingerprint density at radius 3 is 2.79 bits per heavy atom. The zero-order valence-electron chi connectivity index (χ0n) is 10.7. The van der Waals surface area contributed by atoms with E-state index in [0.29, 0.717) is 29.4 Å². The molecule has 1 aromatic carbocycles. The molecule has 0 aliphatic carbocycles.